The average molecular weight is 221 g/mol. The summed E-state index contributed by atoms with van der Waals surface area (Å²) in [6.45, 7) is 0.582. The number of rotatable bonds is 2. The van der Waals surface area contributed by atoms with Crippen LogP contribution in [0.1, 0.15) is 5.56 Å². The predicted octanol–water partition coefficient (Wildman–Crippen LogP) is 2.63. The van der Waals surface area contributed by atoms with Gasteiger partial charge in [0.15, 0.2) is 0 Å². The smallest absolute Gasteiger partial charge is 0.0273 e. The number of aromatic nitrogens is 1. The lowest BCUT2D eigenvalue weighted by molar-refractivity contribution is 1.07. The fourth-order valence-electron chi connectivity index (χ4n) is 1.42. The first kappa shape index (κ1) is 11.7. The summed E-state index contributed by atoms with van der Waals surface area (Å²) < 4.78 is 0. The van der Waals surface area contributed by atoms with E-state index in [1.165, 1.54) is 11.1 Å². The summed E-state index contributed by atoms with van der Waals surface area (Å²) in [5.74, 6) is 0. The molecule has 1 aromatic carbocycles. The van der Waals surface area contributed by atoms with E-state index in [4.69, 9.17) is 5.73 Å². The second-order valence-corrected chi connectivity index (χ2v) is 3.14. The lowest BCUT2D eigenvalue weighted by atomic mass is 10.0. The van der Waals surface area contributed by atoms with Gasteiger partial charge in [-0.05, 0) is 34.9 Å². The molecule has 2 rings (SSSR count). The molecular weight excluding hydrogens is 208 g/mol. The fourth-order valence-corrected chi connectivity index (χ4v) is 1.42. The summed E-state index contributed by atoms with van der Waals surface area (Å²) in [5.41, 5.74) is 9.10. The van der Waals surface area contributed by atoms with Crippen LogP contribution in [0.2, 0.25) is 0 Å². The molecule has 0 unspecified atom stereocenters. The summed E-state index contributed by atoms with van der Waals surface area (Å²) >= 11 is 0. The molecule has 2 N–H and O–H groups in total. The molecule has 0 saturated heterocycles. The van der Waals surface area contributed by atoms with Crippen LogP contribution in [0.3, 0.4) is 0 Å². The Morgan fingerprint density at radius 2 is 1.73 bits per heavy atom. The number of nitrogens with zero attached hydrogens (tertiary/aromatic N) is 1. The Morgan fingerprint density at radius 1 is 1.00 bits per heavy atom. The largest absolute Gasteiger partial charge is 0.326 e. The lowest BCUT2D eigenvalue weighted by Crippen LogP contribution is -1.95. The van der Waals surface area contributed by atoms with Crippen molar-refractivity contribution in [2.45, 2.75) is 6.54 Å². The van der Waals surface area contributed by atoms with Crippen molar-refractivity contribution in [3.05, 3.63) is 54.4 Å². The SMILES string of the molecule is Cl.NCc1cccc(-c2ccncc2)c1. The Kier molecular flexibility index (Phi) is 4.28. The van der Waals surface area contributed by atoms with Gasteiger partial charge in [-0.3, -0.25) is 4.98 Å². The summed E-state index contributed by atoms with van der Waals surface area (Å²) in [5, 5.41) is 0. The van der Waals surface area contributed by atoms with Crippen LogP contribution < -0.4 is 5.73 Å². The molecule has 0 bridgehead atoms. The van der Waals surface area contributed by atoms with Crippen molar-refractivity contribution in [3.8, 4) is 11.1 Å². The zero-order valence-corrected chi connectivity index (χ0v) is 9.08. The monoisotopic (exact) mass is 220 g/mol. The van der Waals surface area contributed by atoms with E-state index in [0.717, 1.165) is 5.56 Å². The minimum Gasteiger partial charge on any atom is -0.326 e. The van der Waals surface area contributed by atoms with Crippen molar-refractivity contribution in [1.82, 2.24) is 4.98 Å². The molecular formula is C12H13ClN2. The number of hydrogen-bond acceptors (Lipinski definition) is 2. The van der Waals surface area contributed by atoms with E-state index in [0.29, 0.717) is 6.54 Å². The van der Waals surface area contributed by atoms with Crippen molar-refractivity contribution in [2.24, 2.45) is 5.73 Å². The zero-order valence-electron chi connectivity index (χ0n) is 8.26. The highest BCUT2D eigenvalue weighted by molar-refractivity contribution is 5.85. The summed E-state index contributed by atoms with van der Waals surface area (Å²) in [7, 11) is 0. The minimum atomic E-state index is 0. The van der Waals surface area contributed by atoms with Crippen LogP contribution >= 0.6 is 12.4 Å². The quantitative estimate of drug-likeness (QED) is 0.845. The summed E-state index contributed by atoms with van der Waals surface area (Å²) in [6.07, 6.45) is 3.59. The molecule has 78 valence electrons. The van der Waals surface area contributed by atoms with Crippen LogP contribution in [0.4, 0.5) is 0 Å². The van der Waals surface area contributed by atoms with Gasteiger partial charge in [0.1, 0.15) is 0 Å². The Labute approximate surface area is 95.6 Å². The molecule has 0 fully saturated rings. The first-order chi connectivity index (χ1) is 6.90. The first-order valence-corrected chi connectivity index (χ1v) is 4.59. The second-order valence-electron chi connectivity index (χ2n) is 3.14. The molecule has 0 spiro atoms. The molecule has 1 heterocycles. The van der Waals surface area contributed by atoms with Gasteiger partial charge < -0.3 is 5.73 Å². The van der Waals surface area contributed by atoms with Crippen LogP contribution in [0.15, 0.2) is 48.8 Å². The van der Waals surface area contributed by atoms with Crippen LogP contribution in [0.25, 0.3) is 11.1 Å². The Bertz CT molecular complexity index is 415. The van der Waals surface area contributed by atoms with Crippen LogP contribution in [0, 0.1) is 0 Å². The maximum atomic E-state index is 5.58. The molecule has 2 aromatic rings. The van der Waals surface area contributed by atoms with Crippen molar-refractivity contribution in [1.29, 1.82) is 0 Å². The topological polar surface area (TPSA) is 38.9 Å². The number of hydrogen-bond donors (Lipinski definition) is 1. The van der Waals surface area contributed by atoms with Gasteiger partial charge in [-0.2, -0.15) is 0 Å². The van der Waals surface area contributed by atoms with Crippen molar-refractivity contribution >= 4 is 12.4 Å². The number of nitrogens with two attached hydrogens (primary N) is 1. The third-order valence-electron chi connectivity index (χ3n) is 2.18. The number of benzene rings is 1. The lowest BCUT2D eigenvalue weighted by Gasteiger charge is -2.02. The van der Waals surface area contributed by atoms with Gasteiger partial charge in [0.25, 0.3) is 0 Å². The third kappa shape index (κ3) is 2.78. The minimum absolute atomic E-state index is 0. The van der Waals surface area contributed by atoms with E-state index in [2.05, 4.69) is 17.1 Å². The zero-order chi connectivity index (χ0) is 9.80. The Morgan fingerprint density at radius 3 is 2.40 bits per heavy atom. The molecule has 0 saturated carbocycles. The molecule has 3 heteroatoms. The summed E-state index contributed by atoms with van der Waals surface area (Å²) in [6, 6.07) is 12.2. The van der Waals surface area contributed by atoms with Crippen molar-refractivity contribution < 1.29 is 0 Å². The molecule has 0 radical (unpaired) electrons. The molecule has 15 heavy (non-hydrogen) atoms. The van der Waals surface area contributed by atoms with Gasteiger partial charge in [0.2, 0.25) is 0 Å². The fraction of sp³-hybridized carbons (Fsp3) is 0.0833. The molecule has 0 amide bonds. The molecule has 0 aliphatic rings. The van der Waals surface area contributed by atoms with Crippen LogP contribution in [-0.2, 0) is 6.54 Å². The standard InChI is InChI=1S/C12H12N2.ClH/c13-9-10-2-1-3-12(8-10)11-4-6-14-7-5-11;/h1-8H,9,13H2;1H. The summed E-state index contributed by atoms with van der Waals surface area (Å²) in [4.78, 5) is 3.99. The van der Waals surface area contributed by atoms with Gasteiger partial charge in [0.05, 0.1) is 0 Å². The number of halogens is 1. The van der Waals surface area contributed by atoms with Gasteiger partial charge in [-0.15, -0.1) is 12.4 Å². The van der Waals surface area contributed by atoms with Gasteiger partial charge >= 0.3 is 0 Å². The van der Waals surface area contributed by atoms with E-state index in [1.807, 2.05) is 24.3 Å². The Hall–Kier alpha value is -1.38. The van der Waals surface area contributed by atoms with E-state index >= 15 is 0 Å². The van der Waals surface area contributed by atoms with Gasteiger partial charge in [-0.1, -0.05) is 18.2 Å². The van der Waals surface area contributed by atoms with Gasteiger partial charge in [-0.25, -0.2) is 0 Å². The molecule has 2 nitrogen and oxygen atoms in total. The highest BCUT2D eigenvalue weighted by atomic mass is 35.5. The third-order valence-corrected chi connectivity index (χ3v) is 2.18. The molecule has 1 aromatic heterocycles. The molecule has 0 atom stereocenters. The van der Waals surface area contributed by atoms with Crippen LogP contribution in [-0.4, -0.2) is 4.98 Å². The van der Waals surface area contributed by atoms with Crippen molar-refractivity contribution in [2.75, 3.05) is 0 Å². The van der Waals surface area contributed by atoms with E-state index in [9.17, 15) is 0 Å². The highest BCUT2D eigenvalue weighted by Gasteiger charge is 1.96. The predicted molar refractivity (Wildman–Crippen MR) is 64.8 cm³/mol. The van der Waals surface area contributed by atoms with Crippen LogP contribution in [0.5, 0.6) is 0 Å². The van der Waals surface area contributed by atoms with Gasteiger partial charge in [0, 0.05) is 18.9 Å². The van der Waals surface area contributed by atoms with Crippen molar-refractivity contribution in [3.63, 3.8) is 0 Å². The Balaban J connectivity index is 0.00000112. The molecule has 0 aliphatic carbocycles. The first-order valence-electron chi connectivity index (χ1n) is 4.59. The second kappa shape index (κ2) is 5.49. The average Bonchev–Trinajstić information content (AvgIpc) is 2.30. The van der Waals surface area contributed by atoms with E-state index in [1.54, 1.807) is 12.4 Å². The normalized spacial score (nSPS) is 9.40. The number of pyridine rings is 1. The maximum absolute atomic E-state index is 5.58. The molecule has 0 aliphatic heterocycles. The van der Waals surface area contributed by atoms with E-state index in [-0.39, 0.29) is 12.4 Å². The maximum Gasteiger partial charge on any atom is 0.0273 e. The van der Waals surface area contributed by atoms with E-state index < -0.39 is 0 Å². The highest BCUT2D eigenvalue weighted by Crippen LogP contribution is 2.18.